The molecule has 0 spiro atoms. The molecule has 0 radical (unpaired) electrons. The molecule has 3 rings (SSSR count). The second kappa shape index (κ2) is 6.35. The van der Waals surface area contributed by atoms with Crippen LogP contribution in [0.15, 0.2) is 30.5 Å². The standard InChI is InChI=1S/C18H17N3O6/c1-18(2,3)27-17(26)21-8-12(16(24)25)13(19-21)9-20-14(22)10-6-4-5-7-11(10)15(20)23/h4-8H,9H2,1-3H3,(H,24,25). The van der Waals surface area contributed by atoms with E-state index in [0.717, 1.165) is 15.8 Å². The van der Waals surface area contributed by atoms with Gasteiger partial charge in [0.05, 0.1) is 29.6 Å². The number of imide groups is 1. The van der Waals surface area contributed by atoms with Gasteiger partial charge < -0.3 is 9.84 Å². The number of nitrogens with zero attached hydrogens (tertiary/aromatic N) is 3. The van der Waals surface area contributed by atoms with Gasteiger partial charge in [-0.1, -0.05) is 12.1 Å². The van der Waals surface area contributed by atoms with E-state index in [1.54, 1.807) is 32.9 Å². The highest BCUT2D eigenvalue weighted by molar-refractivity contribution is 6.21. The fraction of sp³-hybridized carbons (Fsp3) is 0.278. The van der Waals surface area contributed by atoms with Crippen LogP contribution >= 0.6 is 0 Å². The lowest BCUT2D eigenvalue weighted by Gasteiger charge is -2.18. The van der Waals surface area contributed by atoms with Crippen molar-refractivity contribution in [1.82, 2.24) is 14.7 Å². The molecule has 1 aromatic heterocycles. The first-order valence-corrected chi connectivity index (χ1v) is 8.09. The van der Waals surface area contributed by atoms with Crippen molar-refractivity contribution in [2.45, 2.75) is 32.9 Å². The highest BCUT2D eigenvalue weighted by Gasteiger charge is 2.36. The summed E-state index contributed by atoms with van der Waals surface area (Å²) in [6.45, 7) is 4.61. The smallest absolute Gasteiger partial charge is 0.435 e. The summed E-state index contributed by atoms with van der Waals surface area (Å²) in [6.07, 6.45) is 0.141. The first kappa shape index (κ1) is 18.3. The number of rotatable bonds is 3. The van der Waals surface area contributed by atoms with Crippen LogP contribution in [-0.2, 0) is 11.3 Å². The number of carbonyl (C=O) groups is 4. The zero-order chi connectivity index (χ0) is 19.9. The van der Waals surface area contributed by atoms with Crippen molar-refractivity contribution in [3.63, 3.8) is 0 Å². The van der Waals surface area contributed by atoms with Gasteiger partial charge in [-0.15, -0.1) is 0 Å². The van der Waals surface area contributed by atoms with E-state index in [2.05, 4.69) is 5.10 Å². The van der Waals surface area contributed by atoms with Crippen molar-refractivity contribution in [2.75, 3.05) is 0 Å². The van der Waals surface area contributed by atoms with E-state index in [0.29, 0.717) is 0 Å². The molecule has 140 valence electrons. The molecule has 1 aliphatic heterocycles. The number of hydrogen-bond donors (Lipinski definition) is 1. The van der Waals surface area contributed by atoms with E-state index in [9.17, 15) is 24.3 Å². The first-order chi connectivity index (χ1) is 12.6. The minimum Gasteiger partial charge on any atom is -0.478 e. The minimum absolute atomic E-state index is 0.0946. The van der Waals surface area contributed by atoms with E-state index < -0.39 is 29.5 Å². The van der Waals surface area contributed by atoms with Gasteiger partial charge in [0.1, 0.15) is 11.2 Å². The average molecular weight is 371 g/mol. The van der Waals surface area contributed by atoms with Crippen molar-refractivity contribution < 1.29 is 29.0 Å². The number of carboxylic acid groups (broad SMARTS) is 1. The molecule has 2 aromatic rings. The molecule has 2 amide bonds. The number of carbonyl (C=O) groups excluding carboxylic acids is 3. The third-order valence-electron chi connectivity index (χ3n) is 3.79. The van der Waals surface area contributed by atoms with E-state index in [4.69, 9.17) is 4.74 Å². The lowest BCUT2D eigenvalue weighted by Crippen LogP contribution is -2.30. The van der Waals surface area contributed by atoms with Crippen LogP contribution in [0.1, 0.15) is 57.5 Å². The second-order valence-electron chi connectivity index (χ2n) is 6.96. The molecule has 1 aromatic carbocycles. The Bertz CT molecular complexity index is 935. The normalized spacial score (nSPS) is 13.7. The first-order valence-electron chi connectivity index (χ1n) is 8.09. The van der Waals surface area contributed by atoms with Crippen LogP contribution in [0.3, 0.4) is 0 Å². The van der Waals surface area contributed by atoms with Crippen LogP contribution in [0.4, 0.5) is 4.79 Å². The molecule has 0 saturated carbocycles. The third kappa shape index (κ3) is 3.43. The molecule has 9 nitrogen and oxygen atoms in total. The Hall–Kier alpha value is -3.49. The summed E-state index contributed by atoms with van der Waals surface area (Å²) in [5.74, 6) is -2.42. The van der Waals surface area contributed by atoms with Crippen LogP contribution in [0.25, 0.3) is 0 Å². The van der Waals surface area contributed by atoms with E-state index in [-0.39, 0.29) is 28.9 Å². The quantitative estimate of drug-likeness (QED) is 0.821. The average Bonchev–Trinajstić information content (AvgIpc) is 3.10. The summed E-state index contributed by atoms with van der Waals surface area (Å²) < 4.78 is 5.91. The topological polar surface area (TPSA) is 119 Å². The highest BCUT2D eigenvalue weighted by Crippen LogP contribution is 2.25. The Morgan fingerprint density at radius 1 is 1.11 bits per heavy atom. The van der Waals surface area contributed by atoms with Crippen molar-refractivity contribution >= 4 is 23.9 Å². The van der Waals surface area contributed by atoms with Crippen LogP contribution in [0.2, 0.25) is 0 Å². The zero-order valence-corrected chi connectivity index (χ0v) is 14.9. The van der Waals surface area contributed by atoms with Gasteiger partial charge in [0, 0.05) is 0 Å². The van der Waals surface area contributed by atoms with Crippen LogP contribution in [0.5, 0.6) is 0 Å². The monoisotopic (exact) mass is 371 g/mol. The molecule has 1 aliphatic rings. The maximum absolute atomic E-state index is 12.5. The number of amides is 2. The van der Waals surface area contributed by atoms with Crippen LogP contribution in [-0.4, -0.2) is 49.3 Å². The van der Waals surface area contributed by atoms with Crippen LogP contribution in [0, 0.1) is 0 Å². The predicted octanol–water partition coefficient (Wildman–Crippen LogP) is 2.16. The van der Waals surface area contributed by atoms with Crippen molar-refractivity contribution in [2.24, 2.45) is 0 Å². The number of aromatic nitrogens is 2. The predicted molar refractivity (Wildman–Crippen MR) is 91.5 cm³/mol. The molecule has 9 heteroatoms. The Morgan fingerprint density at radius 2 is 1.67 bits per heavy atom. The van der Waals surface area contributed by atoms with E-state index in [1.807, 2.05) is 0 Å². The number of aromatic carboxylic acids is 1. The molecule has 0 unspecified atom stereocenters. The summed E-state index contributed by atoms with van der Waals surface area (Å²) in [5, 5.41) is 13.3. The number of carboxylic acids is 1. The lowest BCUT2D eigenvalue weighted by molar-refractivity contribution is 0.0513. The van der Waals surface area contributed by atoms with Crippen molar-refractivity contribution in [3.8, 4) is 0 Å². The van der Waals surface area contributed by atoms with Gasteiger partial charge in [-0.2, -0.15) is 9.78 Å². The van der Waals surface area contributed by atoms with E-state index >= 15 is 0 Å². The molecular formula is C18H17N3O6. The van der Waals surface area contributed by atoms with Crippen molar-refractivity contribution in [3.05, 3.63) is 52.8 Å². The molecular weight excluding hydrogens is 354 g/mol. The van der Waals surface area contributed by atoms with Gasteiger partial charge in [0.25, 0.3) is 11.8 Å². The summed E-state index contributed by atoms with van der Waals surface area (Å²) in [7, 11) is 0. The van der Waals surface area contributed by atoms with Gasteiger partial charge in [-0.05, 0) is 32.9 Å². The Labute approximate surface area is 154 Å². The Kier molecular flexibility index (Phi) is 4.30. The fourth-order valence-electron chi connectivity index (χ4n) is 2.64. The summed E-state index contributed by atoms with van der Waals surface area (Å²) >= 11 is 0. The summed E-state index contributed by atoms with van der Waals surface area (Å²) in [5.41, 5.74) is -0.702. The van der Waals surface area contributed by atoms with Gasteiger partial charge >= 0.3 is 12.1 Å². The highest BCUT2D eigenvalue weighted by atomic mass is 16.6. The molecule has 0 aliphatic carbocycles. The third-order valence-corrected chi connectivity index (χ3v) is 3.79. The van der Waals surface area contributed by atoms with Gasteiger partial charge in [-0.25, -0.2) is 9.59 Å². The molecule has 1 N–H and O–H groups in total. The molecule has 0 atom stereocenters. The Morgan fingerprint density at radius 3 is 2.15 bits per heavy atom. The minimum atomic E-state index is -1.34. The lowest BCUT2D eigenvalue weighted by atomic mass is 10.1. The maximum Gasteiger partial charge on any atom is 0.435 e. The van der Waals surface area contributed by atoms with Gasteiger partial charge in [0.15, 0.2) is 0 Å². The van der Waals surface area contributed by atoms with Crippen LogP contribution < -0.4 is 0 Å². The molecule has 0 saturated heterocycles. The fourth-order valence-corrected chi connectivity index (χ4v) is 2.64. The molecule has 0 bridgehead atoms. The number of ether oxygens (including phenoxy) is 1. The van der Waals surface area contributed by atoms with Gasteiger partial charge in [0.2, 0.25) is 0 Å². The second-order valence-corrected chi connectivity index (χ2v) is 6.96. The van der Waals surface area contributed by atoms with E-state index in [1.165, 1.54) is 12.1 Å². The molecule has 27 heavy (non-hydrogen) atoms. The number of fused-ring (bicyclic) bond motifs is 1. The zero-order valence-electron chi connectivity index (χ0n) is 14.9. The summed E-state index contributed by atoms with van der Waals surface area (Å²) in [6, 6.07) is 6.31. The summed E-state index contributed by atoms with van der Waals surface area (Å²) in [4.78, 5) is 49.4. The number of hydrogen-bond acceptors (Lipinski definition) is 6. The Balaban J connectivity index is 1.91. The van der Waals surface area contributed by atoms with Gasteiger partial charge in [-0.3, -0.25) is 14.5 Å². The number of benzene rings is 1. The van der Waals surface area contributed by atoms with Crippen molar-refractivity contribution in [1.29, 1.82) is 0 Å². The molecule has 2 heterocycles. The maximum atomic E-state index is 12.5. The largest absolute Gasteiger partial charge is 0.478 e. The molecule has 0 fully saturated rings. The SMILES string of the molecule is CC(C)(C)OC(=O)n1cc(C(=O)O)c(CN2C(=O)c3ccccc3C2=O)n1.